The number of fused-ring (bicyclic) bond motifs is 3. The number of carbonyl (C=O) groups is 1. The molecule has 0 saturated carbocycles. The van der Waals surface area contributed by atoms with Gasteiger partial charge < -0.3 is 5.21 Å². The van der Waals surface area contributed by atoms with Crippen LogP contribution in [0.15, 0.2) is 78.0 Å². The van der Waals surface area contributed by atoms with Crippen LogP contribution in [0.3, 0.4) is 0 Å². The van der Waals surface area contributed by atoms with Gasteiger partial charge in [0.25, 0.3) is 0 Å². The third-order valence-corrected chi connectivity index (χ3v) is 6.25. The summed E-state index contributed by atoms with van der Waals surface area (Å²) in [5, 5.41) is 12.9. The number of Topliss-reactive ketones (excluding diaryl/α,β-unsaturated/α-hetero) is 1. The number of benzene rings is 3. The first-order valence-corrected chi connectivity index (χ1v) is 10.7. The molecule has 1 aliphatic rings. The lowest BCUT2D eigenvalue weighted by atomic mass is 9.71. The second-order valence-electron chi connectivity index (χ2n) is 8.03. The third-order valence-electron chi connectivity index (χ3n) is 6.25. The van der Waals surface area contributed by atoms with Gasteiger partial charge in [0.2, 0.25) is 5.78 Å². The molecule has 0 fully saturated rings. The number of carbonyl (C=O) groups excluding carboxylic acids is 1. The van der Waals surface area contributed by atoms with Crippen molar-refractivity contribution in [1.29, 1.82) is 0 Å². The maximum absolute atomic E-state index is 13.3. The van der Waals surface area contributed by atoms with Gasteiger partial charge >= 0.3 is 0 Å². The van der Waals surface area contributed by atoms with E-state index in [9.17, 15) is 10.0 Å². The highest BCUT2D eigenvalue weighted by Crippen LogP contribution is 2.53. The molecule has 0 bridgehead atoms. The SMILES string of the molecule is CCCC1(CCC)c2ccccc2-c2ccc(C(=O)/C(=N\O)c3ccccc3)cc21. The van der Waals surface area contributed by atoms with Crippen molar-refractivity contribution in [3.8, 4) is 11.1 Å². The van der Waals surface area contributed by atoms with Crippen molar-refractivity contribution in [1.82, 2.24) is 0 Å². The van der Waals surface area contributed by atoms with Gasteiger partial charge in [-0.05, 0) is 41.2 Å². The van der Waals surface area contributed by atoms with E-state index in [0.717, 1.165) is 25.7 Å². The Bertz CT molecular complexity index is 1090. The van der Waals surface area contributed by atoms with Gasteiger partial charge in [-0.2, -0.15) is 0 Å². The number of nitrogens with zero attached hydrogens (tertiary/aromatic N) is 1. The van der Waals surface area contributed by atoms with Crippen molar-refractivity contribution in [3.63, 3.8) is 0 Å². The maximum atomic E-state index is 13.3. The Hall–Kier alpha value is -3.20. The molecule has 4 rings (SSSR count). The molecule has 0 aromatic heterocycles. The Balaban J connectivity index is 1.85. The van der Waals surface area contributed by atoms with Crippen molar-refractivity contribution >= 4 is 11.5 Å². The number of ketones is 1. The van der Waals surface area contributed by atoms with Crippen LogP contribution < -0.4 is 0 Å². The fourth-order valence-electron chi connectivity index (χ4n) is 5.08. The second kappa shape index (κ2) is 8.27. The highest BCUT2D eigenvalue weighted by molar-refractivity contribution is 6.51. The quantitative estimate of drug-likeness (QED) is 0.211. The lowest BCUT2D eigenvalue weighted by Gasteiger charge is -2.32. The summed E-state index contributed by atoms with van der Waals surface area (Å²) in [6.45, 7) is 4.44. The zero-order valence-electron chi connectivity index (χ0n) is 17.6. The van der Waals surface area contributed by atoms with Gasteiger partial charge in [-0.15, -0.1) is 0 Å². The van der Waals surface area contributed by atoms with E-state index < -0.39 is 0 Å². The molecule has 3 heteroatoms. The molecule has 0 radical (unpaired) electrons. The summed E-state index contributed by atoms with van der Waals surface area (Å²) >= 11 is 0. The molecule has 0 saturated heterocycles. The molecule has 3 nitrogen and oxygen atoms in total. The predicted octanol–water partition coefficient (Wildman–Crippen LogP) is 6.61. The van der Waals surface area contributed by atoms with Crippen LogP contribution >= 0.6 is 0 Å². The van der Waals surface area contributed by atoms with Crippen LogP contribution in [0, 0.1) is 0 Å². The predicted molar refractivity (Wildman–Crippen MR) is 122 cm³/mol. The highest BCUT2D eigenvalue weighted by Gasteiger charge is 2.42. The number of oxime groups is 1. The van der Waals surface area contributed by atoms with Crippen molar-refractivity contribution in [2.24, 2.45) is 5.16 Å². The van der Waals surface area contributed by atoms with Gasteiger partial charge in [-0.25, -0.2) is 0 Å². The molecule has 0 aliphatic heterocycles. The average Bonchev–Trinajstić information content (AvgIpc) is 3.05. The van der Waals surface area contributed by atoms with Gasteiger partial charge in [0.05, 0.1) is 0 Å². The van der Waals surface area contributed by atoms with Crippen LogP contribution in [0.25, 0.3) is 11.1 Å². The minimum absolute atomic E-state index is 0.0719. The molecule has 30 heavy (non-hydrogen) atoms. The first kappa shape index (κ1) is 20.1. The summed E-state index contributed by atoms with van der Waals surface area (Å²) in [5.74, 6) is -0.260. The lowest BCUT2D eigenvalue weighted by Crippen LogP contribution is -2.25. The van der Waals surface area contributed by atoms with Crippen LogP contribution in [0.2, 0.25) is 0 Å². The standard InChI is InChI=1S/C27H27NO2/c1-3-16-27(17-4-2)23-13-9-8-12-21(23)22-15-14-20(18-24(22)27)26(29)25(28-30)19-10-6-5-7-11-19/h5-15,18,30H,3-4,16-17H2,1-2H3/b28-25-. The highest BCUT2D eigenvalue weighted by atomic mass is 16.4. The van der Waals surface area contributed by atoms with E-state index in [1.54, 1.807) is 12.1 Å². The van der Waals surface area contributed by atoms with Crippen LogP contribution in [-0.4, -0.2) is 16.7 Å². The zero-order valence-corrected chi connectivity index (χ0v) is 17.6. The van der Waals surface area contributed by atoms with Gasteiger partial charge in [0.15, 0.2) is 5.71 Å². The molecular formula is C27H27NO2. The van der Waals surface area contributed by atoms with E-state index in [2.05, 4.69) is 49.3 Å². The summed E-state index contributed by atoms with van der Waals surface area (Å²) in [4.78, 5) is 13.3. The first-order valence-electron chi connectivity index (χ1n) is 10.7. The molecule has 0 atom stereocenters. The number of hydrogen-bond donors (Lipinski definition) is 1. The molecule has 1 aliphatic carbocycles. The van der Waals surface area contributed by atoms with Gasteiger partial charge in [-0.1, -0.05) is 98.6 Å². The van der Waals surface area contributed by atoms with Crippen LogP contribution in [-0.2, 0) is 5.41 Å². The Kier molecular flexibility index (Phi) is 5.54. The second-order valence-corrected chi connectivity index (χ2v) is 8.03. The number of hydrogen-bond acceptors (Lipinski definition) is 3. The Morgan fingerprint density at radius 3 is 2.10 bits per heavy atom. The lowest BCUT2D eigenvalue weighted by molar-refractivity contribution is 0.106. The molecule has 0 unspecified atom stereocenters. The largest absolute Gasteiger partial charge is 0.410 e. The monoisotopic (exact) mass is 397 g/mol. The van der Waals surface area contributed by atoms with Crippen LogP contribution in [0.5, 0.6) is 0 Å². The summed E-state index contributed by atoms with van der Waals surface area (Å²) < 4.78 is 0. The number of rotatable bonds is 7. The normalized spacial score (nSPS) is 14.3. The molecule has 0 amide bonds. The molecule has 3 aromatic rings. The first-order chi connectivity index (χ1) is 14.7. The van der Waals surface area contributed by atoms with E-state index in [1.165, 1.54) is 22.3 Å². The van der Waals surface area contributed by atoms with Gasteiger partial charge in [0.1, 0.15) is 0 Å². The van der Waals surface area contributed by atoms with Gasteiger partial charge in [-0.3, -0.25) is 4.79 Å². The Labute approximate surface area is 178 Å². The van der Waals surface area contributed by atoms with E-state index in [-0.39, 0.29) is 16.9 Å². The fourth-order valence-corrected chi connectivity index (χ4v) is 5.08. The van der Waals surface area contributed by atoms with Crippen molar-refractivity contribution in [2.75, 3.05) is 0 Å². The summed E-state index contributed by atoms with van der Waals surface area (Å²) in [6, 6.07) is 23.7. The van der Waals surface area contributed by atoms with E-state index in [1.807, 2.05) is 30.3 Å². The molecule has 152 valence electrons. The van der Waals surface area contributed by atoms with Crippen LogP contribution in [0.1, 0.15) is 66.6 Å². The molecule has 1 N–H and O–H groups in total. The smallest absolute Gasteiger partial charge is 0.215 e. The summed E-state index contributed by atoms with van der Waals surface area (Å²) in [5.41, 5.74) is 6.25. The molecule has 0 heterocycles. The Morgan fingerprint density at radius 1 is 0.800 bits per heavy atom. The average molecular weight is 398 g/mol. The van der Waals surface area contributed by atoms with E-state index in [4.69, 9.17) is 0 Å². The Morgan fingerprint density at radius 2 is 1.43 bits per heavy atom. The van der Waals surface area contributed by atoms with E-state index in [0.29, 0.717) is 11.1 Å². The topological polar surface area (TPSA) is 49.7 Å². The summed E-state index contributed by atoms with van der Waals surface area (Å²) in [6.07, 6.45) is 4.23. The summed E-state index contributed by atoms with van der Waals surface area (Å²) in [7, 11) is 0. The minimum Gasteiger partial charge on any atom is -0.410 e. The maximum Gasteiger partial charge on any atom is 0.215 e. The van der Waals surface area contributed by atoms with Gasteiger partial charge in [0, 0.05) is 16.5 Å². The molecular weight excluding hydrogens is 370 g/mol. The van der Waals surface area contributed by atoms with E-state index >= 15 is 0 Å². The van der Waals surface area contributed by atoms with Crippen molar-refractivity contribution in [3.05, 3.63) is 95.1 Å². The third kappa shape index (κ3) is 3.15. The fraction of sp³-hybridized carbons (Fsp3) is 0.259. The minimum atomic E-state index is -0.260. The zero-order chi connectivity index (χ0) is 21.1. The van der Waals surface area contributed by atoms with Crippen molar-refractivity contribution in [2.45, 2.75) is 44.9 Å². The molecule has 3 aromatic carbocycles. The molecule has 0 spiro atoms. The van der Waals surface area contributed by atoms with Crippen LogP contribution in [0.4, 0.5) is 0 Å². The van der Waals surface area contributed by atoms with Crippen molar-refractivity contribution < 1.29 is 10.0 Å².